The van der Waals surface area contributed by atoms with Gasteiger partial charge >= 0.3 is 5.97 Å². The maximum atomic E-state index is 13.7. The highest BCUT2D eigenvalue weighted by molar-refractivity contribution is 6.31. The number of carbonyl (C=O) groups is 1. The summed E-state index contributed by atoms with van der Waals surface area (Å²) in [5, 5.41) is 0.543. The van der Waals surface area contributed by atoms with E-state index in [0.29, 0.717) is 21.8 Å². The van der Waals surface area contributed by atoms with Gasteiger partial charge in [-0.15, -0.1) is 0 Å². The topological polar surface area (TPSA) is 42.1 Å². The van der Waals surface area contributed by atoms with Crippen LogP contribution < -0.4 is 0 Å². The normalized spacial score (nSPS) is 10.5. The molecule has 2 aromatic carbocycles. The number of rotatable bonds is 4. The molecule has 0 saturated heterocycles. The highest BCUT2D eigenvalue weighted by atomic mass is 35.5. The molecule has 0 aliphatic rings. The highest BCUT2D eigenvalue weighted by Gasteiger charge is 2.13. The number of hydrogen-bond acceptors (Lipinski definition) is 2. The first-order valence-electron chi connectivity index (χ1n) is 6.99. The van der Waals surface area contributed by atoms with Crippen molar-refractivity contribution in [3.05, 3.63) is 82.8 Å². The molecule has 0 atom stereocenters. The molecule has 116 valence electrons. The molecule has 3 aromatic rings. The van der Waals surface area contributed by atoms with E-state index in [-0.39, 0.29) is 12.4 Å². The summed E-state index contributed by atoms with van der Waals surface area (Å²) < 4.78 is 19.0. The van der Waals surface area contributed by atoms with Gasteiger partial charge in [0.1, 0.15) is 12.4 Å². The van der Waals surface area contributed by atoms with Gasteiger partial charge in [-0.3, -0.25) is 0 Å². The maximum Gasteiger partial charge on any atom is 0.340 e. The van der Waals surface area contributed by atoms with E-state index in [1.165, 1.54) is 12.3 Å². The second-order valence-corrected chi connectivity index (χ2v) is 5.36. The van der Waals surface area contributed by atoms with E-state index in [0.717, 1.165) is 5.56 Å². The number of aromatic amines is 1. The van der Waals surface area contributed by atoms with Crippen LogP contribution in [0.5, 0.6) is 0 Å². The highest BCUT2D eigenvalue weighted by Crippen LogP contribution is 2.23. The van der Waals surface area contributed by atoms with Crippen LogP contribution in [0.3, 0.4) is 0 Å². The van der Waals surface area contributed by atoms with Crippen LogP contribution in [0.4, 0.5) is 4.39 Å². The van der Waals surface area contributed by atoms with Gasteiger partial charge in [-0.1, -0.05) is 41.9 Å². The van der Waals surface area contributed by atoms with Crippen molar-refractivity contribution >= 4 is 17.6 Å². The summed E-state index contributed by atoms with van der Waals surface area (Å²) >= 11 is 6.02. The summed E-state index contributed by atoms with van der Waals surface area (Å²) in [4.78, 5) is 15.0. The molecular weight excluding hydrogens is 317 g/mol. The number of nitrogens with one attached hydrogen (secondary N) is 1. The van der Waals surface area contributed by atoms with Crippen LogP contribution in [-0.4, -0.2) is 11.0 Å². The van der Waals surface area contributed by atoms with Crippen molar-refractivity contribution in [2.24, 2.45) is 0 Å². The second-order valence-electron chi connectivity index (χ2n) is 4.95. The third-order valence-corrected chi connectivity index (χ3v) is 3.77. The van der Waals surface area contributed by atoms with Gasteiger partial charge in [0, 0.05) is 28.0 Å². The Hall–Kier alpha value is -2.59. The predicted octanol–water partition coefficient (Wildman–Crippen LogP) is 4.83. The van der Waals surface area contributed by atoms with Crippen LogP contribution in [0.2, 0.25) is 5.02 Å². The van der Waals surface area contributed by atoms with Crippen LogP contribution in [-0.2, 0) is 11.3 Å². The number of H-pyrrole nitrogens is 1. The first kappa shape index (κ1) is 15.3. The fourth-order valence-electron chi connectivity index (χ4n) is 2.19. The summed E-state index contributed by atoms with van der Waals surface area (Å²) in [6.45, 7) is 0.0821. The quantitative estimate of drug-likeness (QED) is 0.696. The lowest BCUT2D eigenvalue weighted by Crippen LogP contribution is -2.04. The molecule has 23 heavy (non-hydrogen) atoms. The Morgan fingerprint density at radius 3 is 2.65 bits per heavy atom. The monoisotopic (exact) mass is 329 g/mol. The molecule has 0 fully saturated rings. The zero-order chi connectivity index (χ0) is 16.2. The van der Waals surface area contributed by atoms with E-state index < -0.39 is 5.97 Å². The molecule has 3 rings (SSSR count). The van der Waals surface area contributed by atoms with Crippen molar-refractivity contribution in [2.45, 2.75) is 6.61 Å². The molecule has 5 heteroatoms. The molecule has 0 amide bonds. The minimum Gasteiger partial charge on any atom is -0.457 e. The van der Waals surface area contributed by atoms with Crippen molar-refractivity contribution in [2.75, 3.05) is 0 Å². The van der Waals surface area contributed by atoms with Crippen LogP contribution in [0.1, 0.15) is 15.9 Å². The van der Waals surface area contributed by atoms with Gasteiger partial charge in [-0.2, -0.15) is 0 Å². The molecule has 0 aliphatic heterocycles. The fraction of sp³-hybridized carbons (Fsp3) is 0.0556. The van der Waals surface area contributed by atoms with Crippen LogP contribution in [0.15, 0.2) is 60.8 Å². The zero-order valence-corrected chi connectivity index (χ0v) is 12.8. The lowest BCUT2D eigenvalue weighted by atomic mass is 10.1. The van der Waals surface area contributed by atoms with E-state index in [1.807, 2.05) is 6.07 Å². The average molecular weight is 330 g/mol. The number of aromatic nitrogens is 1. The van der Waals surface area contributed by atoms with Crippen LogP contribution >= 0.6 is 11.6 Å². The Balaban J connectivity index is 1.72. The lowest BCUT2D eigenvalue weighted by molar-refractivity contribution is 0.0473. The predicted molar refractivity (Wildman–Crippen MR) is 86.8 cm³/mol. The lowest BCUT2D eigenvalue weighted by Gasteiger charge is -2.05. The summed E-state index contributed by atoms with van der Waals surface area (Å²) in [5.41, 5.74) is 1.98. The molecule has 0 spiro atoms. The molecule has 1 heterocycles. The van der Waals surface area contributed by atoms with Gasteiger partial charge < -0.3 is 9.72 Å². The minimum atomic E-state index is -0.497. The van der Waals surface area contributed by atoms with Gasteiger partial charge in [-0.05, 0) is 24.3 Å². The third kappa shape index (κ3) is 3.43. The molecular formula is C18H13ClFNO2. The summed E-state index contributed by atoms with van der Waals surface area (Å²) in [5.74, 6) is -0.853. The molecule has 0 saturated carbocycles. The van der Waals surface area contributed by atoms with Crippen molar-refractivity contribution in [3.63, 3.8) is 0 Å². The fourth-order valence-corrected chi connectivity index (χ4v) is 2.38. The van der Waals surface area contributed by atoms with Gasteiger partial charge in [0.15, 0.2) is 0 Å². The van der Waals surface area contributed by atoms with Crippen molar-refractivity contribution in [3.8, 4) is 11.3 Å². The Kier molecular flexibility index (Phi) is 4.44. The van der Waals surface area contributed by atoms with Gasteiger partial charge in [-0.25, -0.2) is 9.18 Å². The Labute approximate surface area is 137 Å². The second kappa shape index (κ2) is 6.67. The maximum absolute atomic E-state index is 13.7. The van der Waals surface area contributed by atoms with E-state index >= 15 is 0 Å². The van der Waals surface area contributed by atoms with Crippen LogP contribution in [0, 0.1) is 5.82 Å². The number of benzene rings is 2. The van der Waals surface area contributed by atoms with Crippen molar-refractivity contribution in [1.82, 2.24) is 4.98 Å². The Morgan fingerprint density at radius 2 is 1.87 bits per heavy atom. The summed E-state index contributed by atoms with van der Waals surface area (Å²) in [6.07, 6.45) is 1.50. The number of carbonyl (C=O) groups excluding carboxylic acids is 1. The number of hydrogen-bond donors (Lipinski definition) is 1. The van der Waals surface area contributed by atoms with Crippen LogP contribution in [0.25, 0.3) is 11.3 Å². The number of halogens is 2. The molecule has 0 radical (unpaired) electrons. The third-order valence-electron chi connectivity index (χ3n) is 3.40. The van der Waals surface area contributed by atoms with Gasteiger partial charge in [0.2, 0.25) is 0 Å². The molecule has 3 nitrogen and oxygen atoms in total. The first-order chi connectivity index (χ1) is 11.1. The Morgan fingerprint density at radius 1 is 1.13 bits per heavy atom. The largest absolute Gasteiger partial charge is 0.457 e. The SMILES string of the molecule is O=C(OCc1ccccc1Cl)c1c[nH]c(-c2ccccc2F)c1. The minimum absolute atomic E-state index is 0.0821. The van der Waals surface area contributed by atoms with Crippen molar-refractivity contribution in [1.29, 1.82) is 0 Å². The van der Waals surface area contributed by atoms with Gasteiger partial charge in [0.25, 0.3) is 0 Å². The zero-order valence-electron chi connectivity index (χ0n) is 12.1. The summed E-state index contributed by atoms with van der Waals surface area (Å²) in [6, 6.07) is 15.1. The molecule has 0 unspecified atom stereocenters. The molecule has 1 aromatic heterocycles. The molecule has 1 N–H and O–H groups in total. The average Bonchev–Trinajstić information content (AvgIpc) is 3.04. The van der Waals surface area contributed by atoms with E-state index in [2.05, 4.69) is 4.98 Å². The number of esters is 1. The Bertz CT molecular complexity index is 844. The standard InChI is InChI=1S/C18H13ClFNO2/c19-15-7-3-1-5-12(15)11-23-18(22)13-9-17(21-10-13)14-6-2-4-8-16(14)20/h1-10,21H,11H2. The van der Waals surface area contributed by atoms with Gasteiger partial charge in [0.05, 0.1) is 5.56 Å². The van der Waals surface area contributed by atoms with E-state index in [9.17, 15) is 9.18 Å². The van der Waals surface area contributed by atoms with Crippen molar-refractivity contribution < 1.29 is 13.9 Å². The first-order valence-corrected chi connectivity index (χ1v) is 7.37. The van der Waals surface area contributed by atoms with E-state index in [1.54, 1.807) is 42.5 Å². The van der Waals surface area contributed by atoms with E-state index in [4.69, 9.17) is 16.3 Å². The number of ether oxygens (including phenoxy) is 1. The molecule has 0 aliphatic carbocycles. The summed E-state index contributed by atoms with van der Waals surface area (Å²) in [7, 11) is 0. The smallest absolute Gasteiger partial charge is 0.340 e. The molecule has 0 bridgehead atoms.